The lowest BCUT2D eigenvalue weighted by Crippen LogP contribution is -2.49. The van der Waals surface area contributed by atoms with Gasteiger partial charge in [-0.2, -0.15) is 0 Å². The number of piperidine rings is 1. The first-order chi connectivity index (χ1) is 9.76. The molecular weight excluding hydrogens is 256 g/mol. The second-order valence-electron chi connectivity index (χ2n) is 5.41. The van der Waals surface area contributed by atoms with Crippen LogP contribution in [-0.2, 0) is 9.47 Å². The number of benzene rings is 1. The Bertz CT molecular complexity index is 446. The molecule has 2 aliphatic rings. The largest absolute Gasteiger partial charge is 0.492 e. The van der Waals surface area contributed by atoms with Gasteiger partial charge in [0.1, 0.15) is 12.4 Å². The van der Waals surface area contributed by atoms with E-state index < -0.39 is 0 Å². The molecule has 0 radical (unpaired) electrons. The highest BCUT2D eigenvalue weighted by Crippen LogP contribution is 2.29. The molecule has 110 valence electrons. The molecule has 2 heterocycles. The third-order valence-electron chi connectivity index (χ3n) is 3.84. The predicted octanol–water partition coefficient (Wildman–Crippen LogP) is 1.49. The van der Waals surface area contributed by atoms with Gasteiger partial charge in [0.25, 0.3) is 0 Å². The average Bonchev–Trinajstić information content (AvgIpc) is 2.87. The second-order valence-corrected chi connectivity index (χ2v) is 5.41. The van der Waals surface area contributed by atoms with Crippen molar-refractivity contribution in [3.05, 3.63) is 24.3 Å². The summed E-state index contributed by atoms with van der Waals surface area (Å²) in [4.78, 5) is 2.35. The maximum atomic E-state index is 5.77. The fourth-order valence-electron chi connectivity index (χ4n) is 2.89. The van der Waals surface area contributed by atoms with E-state index in [0.29, 0.717) is 19.8 Å². The van der Waals surface area contributed by atoms with Crippen LogP contribution in [0.5, 0.6) is 5.75 Å². The maximum absolute atomic E-state index is 5.77. The van der Waals surface area contributed by atoms with Gasteiger partial charge in [0.2, 0.25) is 0 Å². The van der Waals surface area contributed by atoms with Gasteiger partial charge in [0.15, 0.2) is 5.79 Å². The number of ether oxygens (including phenoxy) is 3. The lowest BCUT2D eigenvalue weighted by molar-refractivity contribution is -0.189. The summed E-state index contributed by atoms with van der Waals surface area (Å²) in [6, 6.07) is 7.54. The van der Waals surface area contributed by atoms with Crippen molar-refractivity contribution in [2.45, 2.75) is 18.6 Å². The van der Waals surface area contributed by atoms with E-state index in [1.54, 1.807) is 0 Å². The lowest BCUT2D eigenvalue weighted by Gasteiger charge is -2.38. The van der Waals surface area contributed by atoms with Crippen LogP contribution in [0.1, 0.15) is 12.8 Å². The summed E-state index contributed by atoms with van der Waals surface area (Å²) < 4.78 is 17.3. The molecule has 2 aliphatic heterocycles. The summed E-state index contributed by atoms with van der Waals surface area (Å²) in [6.45, 7) is 4.88. The van der Waals surface area contributed by atoms with E-state index in [0.717, 1.165) is 43.9 Å². The van der Waals surface area contributed by atoms with Gasteiger partial charge in [0.05, 0.1) is 19.8 Å². The van der Waals surface area contributed by atoms with Crippen LogP contribution in [0.2, 0.25) is 0 Å². The number of hydrogen-bond acceptors (Lipinski definition) is 5. The quantitative estimate of drug-likeness (QED) is 0.846. The molecule has 1 aromatic rings. The molecule has 5 heteroatoms. The van der Waals surface area contributed by atoms with Gasteiger partial charge in [-0.3, -0.25) is 4.90 Å². The van der Waals surface area contributed by atoms with Crippen LogP contribution in [0.15, 0.2) is 24.3 Å². The number of nitrogens with two attached hydrogens (primary N) is 1. The highest BCUT2D eigenvalue weighted by molar-refractivity contribution is 5.43. The standard InChI is InChI=1S/C15H22N2O3/c16-13-3-1-4-14(11-13)18-8-7-17-6-2-5-15(12-17)19-9-10-20-15/h1,3-4,11H,2,5-10,12,16H2. The van der Waals surface area contributed by atoms with Crippen LogP contribution in [0.25, 0.3) is 0 Å². The Morgan fingerprint density at radius 2 is 2.15 bits per heavy atom. The van der Waals surface area contributed by atoms with Crippen molar-refractivity contribution in [3.63, 3.8) is 0 Å². The molecule has 1 aromatic carbocycles. The first-order valence-corrected chi connectivity index (χ1v) is 7.24. The molecule has 0 atom stereocenters. The third kappa shape index (κ3) is 3.23. The number of nitrogens with zero attached hydrogens (tertiary/aromatic N) is 1. The fourth-order valence-corrected chi connectivity index (χ4v) is 2.89. The van der Waals surface area contributed by atoms with E-state index in [4.69, 9.17) is 19.9 Å². The number of rotatable bonds is 4. The van der Waals surface area contributed by atoms with Crippen LogP contribution in [0.4, 0.5) is 5.69 Å². The number of anilines is 1. The molecule has 2 fully saturated rings. The number of hydrogen-bond donors (Lipinski definition) is 1. The molecule has 0 bridgehead atoms. The van der Waals surface area contributed by atoms with Gasteiger partial charge in [-0.1, -0.05) is 6.07 Å². The molecular formula is C15H22N2O3. The van der Waals surface area contributed by atoms with E-state index in [-0.39, 0.29) is 5.79 Å². The Kier molecular flexibility index (Phi) is 4.10. The highest BCUT2D eigenvalue weighted by atomic mass is 16.7. The van der Waals surface area contributed by atoms with Crippen LogP contribution < -0.4 is 10.5 Å². The zero-order valence-electron chi connectivity index (χ0n) is 11.7. The molecule has 2 N–H and O–H groups in total. The molecule has 20 heavy (non-hydrogen) atoms. The van der Waals surface area contributed by atoms with E-state index in [9.17, 15) is 0 Å². The Labute approximate surface area is 119 Å². The summed E-state index contributed by atoms with van der Waals surface area (Å²) in [5, 5.41) is 0. The van der Waals surface area contributed by atoms with Gasteiger partial charge >= 0.3 is 0 Å². The molecule has 0 amide bonds. The Morgan fingerprint density at radius 1 is 1.30 bits per heavy atom. The average molecular weight is 278 g/mol. The van der Waals surface area contributed by atoms with Crippen molar-refractivity contribution in [2.24, 2.45) is 0 Å². The molecule has 2 saturated heterocycles. The van der Waals surface area contributed by atoms with Gasteiger partial charge in [-0.25, -0.2) is 0 Å². The van der Waals surface area contributed by atoms with E-state index in [1.807, 2.05) is 24.3 Å². The summed E-state index contributed by atoms with van der Waals surface area (Å²) in [5.41, 5.74) is 6.46. The smallest absolute Gasteiger partial charge is 0.181 e. The molecule has 0 saturated carbocycles. The minimum Gasteiger partial charge on any atom is -0.492 e. The fraction of sp³-hybridized carbons (Fsp3) is 0.600. The Hall–Kier alpha value is -1.30. The van der Waals surface area contributed by atoms with E-state index in [1.165, 1.54) is 0 Å². The number of nitrogen functional groups attached to an aromatic ring is 1. The molecule has 0 aromatic heterocycles. The first kappa shape index (κ1) is 13.7. The highest BCUT2D eigenvalue weighted by Gasteiger charge is 2.40. The van der Waals surface area contributed by atoms with Gasteiger partial charge in [0, 0.05) is 24.7 Å². The van der Waals surface area contributed by atoms with Crippen LogP contribution in [0, 0.1) is 0 Å². The van der Waals surface area contributed by atoms with Crippen molar-refractivity contribution >= 4 is 5.69 Å². The monoisotopic (exact) mass is 278 g/mol. The maximum Gasteiger partial charge on any atom is 0.181 e. The zero-order chi connectivity index (χ0) is 13.8. The van der Waals surface area contributed by atoms with Crippen molar-refractivity contribution in [3.8, 4) is 5.75 Å². The normalized spacial score (nSPS) is 22.2. The van der Waals surface area contributed by atoms with Crippen LogP contribution in [-0.4, -0.2) is 50.1 Å². The third-order valence-corrected chi connectivity index (χ3v) is 3.84. The minimum absolute atomic E-state index is 0.352. The first-order valence-electron chi connectivity index (χ1n) is 7.24. The molecule has 3 rings (SSSR count). The van der Waals surface area contributed by atoms with Crippen LogP contribution in [0.3, 0.4) is 0 Å². The van der Waals surface area contributed by atoms with Crippen molar-refractivity contribution in [1.29, 1.82) is 0 Å². The molecule has 0 aliphatic carbocycles. The lowest BCUT2D eigenvalue weighted by atomic mass is 10.0. The second kappa shape index (κ2) is 5.99. The predicted molar refractivity (Wildman–Crippen MR) is 76.7 cm³/mol. The zero-order valence-corrected chi connectivity index (χ0v) is 11.7. The minimum atomic E-state index is -0.352. The summed E-state index contributed by atoms with van der Waals surface area (Å²) >= 11 is 0. The number of likely N-dealkylation sites (tertiary alicyclic amines) is 1. The van der Waals surface area contributed by atoms with E-state index in [2.05, 4.69) is 4.90 Å². The van der Waals surface area contributed by atoms with Gasteiger partial charge in [-0.15, -0.1) is 0 Å². The van der Waals surface area contributed by atoms with Crippen molar-refractivity contribution < 1.29 is 14.2 Å². The van der Waals surface area contributed by atoms with Crippen molar-refractivity contribution in [2.75, 3.05) is 45.2 Å². The topological polar surface area (TPSA) is 57.0 Å². The molecule has 0 unspecified atom stereocenters. The molecule has 5 nitrogen and oxygen atoms in total. The summed E-state index contributed by atoms with van der Waals surface area (Å²) in [6.07, 6.45) is 2.11. The van der Waals surface area contributed by atoms with Gasteiger partial charge in [-0.05, 0) is 25.1 Å². The Morgan fingerprint density at radius 3 is 2.95 bits per heavy atom. The summed E-state index contributed by atoms with van der Waals surface area (Å²) in [5.74, 6) is 0.472. The van der Waals surface area contributed by atoms with Crippen molar-refractivity contribution in [1.82, 2.24) is 4.90 Å². The van der Waals surface area contributed by atoms with E-state index >= 15 is 0 Å². The van der Waals surface area contributed by atoms with Gasteiger partial charge < -0.3 is 19.9 Å². The Balaban J connectivity index is 1.46. The summed E-state index contributed by atoms with van der Waals surface area (Å²) in [7, 11) is 0. The molecule has 1 spiro atoms. The SMILES string of the molecule is Nc1cccc(OCCN2CCCC3(C2)OCCO3)c1. The van der Waals surface area contributed by atoms with Crippen LogP contribution >= 0.6 is 0 Å².